The number of amides is 1. The summed E-state index contributed by atoms with van der Waals surface area (Å²) in [5.74, 6) is 0.574. The van der Waals surface area contributed by atoms with Crippen molar-refractivity contribution in [3.63, 3.8) is 0 Å². The van der Waals surface area contributed by atoms with E-state index in [-0.39, 0.29) is 24.1 Å². The second kappa shape index (κ2) is 7.31. The minimum atomic E-state index is -0.146. The van der Waals surface area contributed by atoms with Crippen LogP contribution in [0, 0.1) is 13.8 Å². The zero-order valence-electron chi connectivity index (χ0n) is 16.3. The number of ether oxygens (including phenoxy) is 1. The highest BCUT2D eigenvalue weighted by Crippen LogP contribution is 2.28. The Kier molecular flexibility index (Phi) is 5.08. The number of nitrogens with one attached hydrogen (secondary N) is 2. The quantitative estimate of drug-likeness (QED) is 0.724. The number of methoxy groups -OCH3 is 1. The Morgan fingerprint density at radius 1 is 1.22 bits per heavy atom. The molecule has 0 atom stereocenters. The molecule has 0 saturated carbocycles. The van der Waals surface area contributed by atoms with Crippen molar-refractivity contribution in [3.05, 3.63) is 63.2 Å². The predicted octanol–water partition coefficient (Wildman–Crippen LogP) is 3.53. The van der Waals surface area contributed by atoms with Crippen LogP contribution in [-0.4, -0.2) is 33.9 Å². The molecule has 0 bridgehead atoms. The maximum absolute atomic E-state index is 13.4. The average molecular weight is 367 g/mol. The average Bonchev–Trinajstić information content (AvgIpc) is 3.09. The molecule has 0 radical (unpaired) electrons. The van der Waals surface area contributed by atoms with E-state index in [1.54, 1.807) is 30.3 Å². The van der Waals surface area contributed by atoms with Gasteiger partial charge in [0, 0.05) is 34.4 Å². The second-order valence-corrected chi connectivity index (χ2v) is 7.05. The van der Waals surface area contributed by atoms with Gasteiger partial charge in [0.25, 0.3) is 11.5 Å². The highest BCUT2D eigenvalue weighted by Gasteiger charge is 2.24. The first-order valence-corrected chi connectivity index (χ1v) is 8.98. The number of hydrogen-bond acceptors (Lipinski definition) is 3. The van der Waals surface area contributed by atoms with Gasteiger partial charge < -0.3 is 19.6 Å². The summed E-state index contributed by atoms with van der Waals surface area (Å²) in [6, 6.07) is 7.30. The van der Waals surface area contributed by atoms with Gasteiger partial charge in [-0.05, 0) is 57.5 Å². The largest absolute Gasteiger partial charge is 0.495 e. The van der Waals surface area contributed by atoms with E-state index in [1.165, 1.54) is 0 Å². The molecule has 27 heavy (non-hydrogen) atoms. The van der Waals surface area contributed by atoms with Crippen LogP contribution in [0.15, 0.2) is 35.3 Å². The number of carbonyl (C=O) groups is 1. The van der Waals surface area contributed by atoms with E-state index in [9.17, 15) is 9.59 Å². The number of aromatic nitrogens is 2. The number of benzene rings is 1. The van der Waals surface area contributed by atoms with Crippen LogP contribution in [0.1, 0.15) is 41.0 Å². The Morgan fingerprint density at radius 3 is 2.59 bits per heavy atom. The monoisotopic (exact) mass is 367 g/mol. The van der Waals surface area contributed by atoms with Crippen molar-refractivity contribution in [2.45, 2.75) is 40.3 Å². The summed E-state index contributed by atoms with van der Waals surface area (Å²) >= 11 is 0. The van der Waals surface area contributed by atoms with E-state index < -0.39 is 0 Å². The number of carbonyl (C=O) groups excluding carboxylic acids is 1. The number of rotatable bonds is 5. The van der Waals surface area contributed by atoms with E-state index in [0.717, 1.165) is 22.2 Å². The smallest absolute Gasteiger partial charge is 0.255 e. The zero-order valence-corrected chi connectivity index (χ0v) is 16.3. The van der Waals surface area contributed by atoms with E-state index in [2.05, 4.69) is 9.97 Å². The number of aryl methyl sites for hydroxylation is 2. The van der Waals surface area contributed by atoms with Gasteiger partial charge in [-0.15, -0.1) is 0 Å². The third-order valence-electron chi connectivity index (χ3n) is 4.84. The molecule has 1 amide bonds. The number of hydrogen-bond donors (Lipinski definition) is 2. The van der Waals surface area contributed by atoms with Crippen LogP contribution in [0.2, 0.25) is 0 Å². The second-order valence-electron chi connectivity index (χ2n) is 7.05. The molecule has 2 N–H and O–H groups in total. The molecule has 142 valence electrons. The minimum absolute atomic E-state index is 0.0614. The topological polar surface area (TPSA) is 78.2 Å². The molecule has 6 nitrogen and oxygen atoms in total. The fourth-order valence-electron chi connectivity index (χ4n) is 3.38. The summed E-state index contributed by atoms with van der Waals surface area (Å²) < 4.78 is 5.37. The van der Waals surface area contributed by atoms with E-state index >= 15 is 0 Å². The van der Waals surface area contributed by atoms with Crippen molar-refractivity contribution in [2.75, 3.05) is 7.11 Å². The van der Waals surface area contributed by atoms with E-state index in [1.807, 2.05) is 39.8 Å². The number of H-pyrrole nitrogens is 2. The Bertz CT molecular complexity index is 1050. The maximum Gasteiger partial charge on any atom is 0.255 e. The molecule has 0 aliphatic heterocycles. The summed E-state index contributed by atoms with van der Waals surface area (Å²) in [6.45, 7) is 7.92. The van der Waals surface area contributed by atoms with Crippen molar-refractivity contribution >= 4 is 16.8 Å². The lowest BCUT2D eigenvalue weighted by molar-refractivity contribution is 0.0691. The van der Waals surface area contributed by atoms with Crippen LogP contribution < -0.4 is 10.3 Å². The molecule has 3 rings (SSSR count). The molecule has 0 unspecified atom stereocenters. The van der Waals surface area contributed by atoms with Crippen molar-refractivity contribution in [1.29, 1.82) is 0 Å². The van der Waals surface area contributed by atoms with Crippen LogP contribution in [0.25, 0.3) is 10.9 Å². The van der Waals surface area contributed by atoms with Crippen LogP contribution >= 0.6 is 0 Å². The lowest BCUT2D eigenvalue weighted by Crippen LogP contribution is -2.38. The van der Waals surface area contributed by atoms with Crippen LogP contribution in [0.5, 0.6) is 5.75 Å². The molecule has 2 aromatic heterocycles. The lowest BCUT2D eigenvalue weighted by Gasteiger charge is -2.27. The molecule has 0 fully saturated rings. The van der Waals surface area contributed by atoms with Gasteiger partial charge in [-0.3, -0.25) is 9.59 Å². The molecule has 0 saturated heterocycles. The molecule has 6 heteroatoms. The molecule has 1 aromatic carbocycles. The highest BCUT2D eigenvalue weighted by molar-refractivity contribution is 6.07. The number of aromatic amines is 2. The number of nitrogens with zero attached hydrogens (tertiary/aromatic N) is 1. The zero-order chi connectivity index (χ0) is 19.7. The van der Waals surface area contributed by atoms with E-state index in [0.29, 0.717) is 16.9 Å². The Hall–Kier alpha value is -3.02. The standard InChI is InChI=1S/C21H25N3O3/c1-12(2)24(11-17-13(3)10-14(4)23-20(17)25)21(26)16-6-7-18(27-5)19-15(16)8-9-22-19/h6-10,12,22H,11H2,1-5H3,(H,23,25). The first-order valence-electron chi connectivity index (χ1n) is 8.98. The van der Waals surface area contributed by atoms with Crippen molar-refractivity contribution in [2.24, 2.45) is 0 Å². The molecule has 0 aliphatic carbocycles. The summed E-state index contributed by atoms with van der Waals surface area (Å²) in [5, 5.41) is 0.805. The summed E-state index contributed by atoms with van der Waals surface area (Å²) in [6.07, 6.45) is 1.79. The van der Waals surface area contributed by atoms with Crippen molar-refractivity contribution in [1.82, 2.24) is 14.9 Å². The third kappa shape index (κ3) is 3.47. The SMILES string of the molecule is COc1ccc(C(=O)N(Cc2c(C)cc(C)[nH]c2=O)C(C)C)c2cc[nH]c12. The van der Waals surface area contributed by atoms with Gasteiger partial charge in [0.15, 0.2) is 0 Å². The fourth-order valence-corrected chi connectivity index (χ4v) is 3.38. The van der Waals surface area contributed by atoms with Gasteiger partial charge in [-0.25, -0.2) is 0 Å². The molecule has 3 aromatic rings. The Morgan fingerprint density at radius 2 is 1.96 bits per heavy atom. The van der Waals surface area contributed by atoms with Crippen LogP contribution in [-0.2, 0) is 6.54 Å². The van der Waals surface area contributed by atoms with Crippen LogP contribution in [0.3, 0.4) is 0 Å². The highest BCUT2D eigenvalue weighted by atomic mass is 16.5. The Balaban J connectivity index is 2.03. The first kappa shape index (κ1) is 18.8. The van der Waals surface area contributed by atoms with Crippen LogP contribution in [0.4, 0.5) is 0 Å². The van der Waals surface area contributed by atoms with Crippen molar-refractivity contribution in [3.8, 4) is 5.75 Å². The molecule has 2 heterocycles. The molecule has 0 spiro atoms. The minimum Gasteiger partial charge on any atom is -0.495 e. The molecular formula is C21H25N3O3. The van der Waals surface area contributed by atoms with Gasteiger partial charge in [-0.2, -0.15) is 0 Å². The fraction of sp³-hybridized carbons (Fsp3) is 0.333. The summed E-state index contributed by atoms with van der Waals surface area (Å²) in [5.41, 5.74) is 3.54. The summed E-state index contributed by atoms with van der Waals surface area (Å²) in [7, 11) is 1.60. The summed E-state index contributed by atoms with van der Waals surface area (Å²) in [4.78, 5) is 33.4. The van der Waals surface area contributed by atoms with Crippen molar-refractivity contribution < 1.29 is 9.53 Å². The van der Waals surface area contributed by atoms with Gasteiger partial charge in [0.2, 0.25) is 0 Å². The van der Waals surface area contributed by atoms with Gasteiger partial charge in [0.05, 0.1) is 19.2 Å². The maximum atomic E-state index is 13.4. The number of pyridine rings is 1. The van der Waals surface area contributed by atoms with E-state index in [4.69, 9.17) is 4.74 Å². The predicted molar refractivity (Wildman–Crippen MR) is 106 cm³/mol. The van der Waals surface area contributed by atoms with Gasteiger partial charge in [-0.1, -0.05) is 0 Å². The number of fused-ring (bicyclic) bond motifs is 1. The lowest BCUT2D eigenvalue weighted by atomic mass is 10.1. The first-order chi connectivity index (χ1) is 12.8. The third-order valence-corrected chi connectivity index (χ3v) is 4.84. The van der Waals surface area contributed by atoms with Gasteiger partial charge in [0.1, 0.15) is 5.75 Å². The molecule has 0 aliphatic rings. The normalized spacial score (nSPS) is 11.2. The Labute approximate surface area is 158 Å². The van der Waals surface area contributed by atoms with Gasteiger partial charge >= 0.3 is 0 Å². The molecular weight excluding hydrogens is 342 g/mol.